The van der Waals surface area contributed by atoms with Crippen molar-refractivity contribution in [1.29, 1.82) is 0 Å². The fourth-order valence-electron chi connectivity index (χ4n) is 2.03. The first-order chi connectivity index (χ1) is 10.2. The minimum Gasteiger partial charge on any atom is -0.397 e. The molecule has 2 rings (SSSR count). The second-order valence-electron chi connectivity index (χ2n) is 4.79. The first kappa shape index (κ1) is 15.0. The predicted molar refractivity (Wildman–Crippen MR) is 84.7 cm³/mol. The van der Waals surface area contributed by atoms with Crippen LogP contribution < -0.4 is 11.1 Å². The molecule has 1 heterocycles. The minimum atomic E-state index is -0.0659. The lowest BCUT2D eigenvalue weighted by Crippen LogP contribution is -2.32. The Morgan fingerprint density at radius 2 is 1.95 bits per heavy atom. The summed E-state index contributed by atoms with van der Waals surface area (Å²) in [5.41, 5.74) is 8.19. The van der Waals surface area contributed by atoms with Crippen molar-refractivity contribution >= 4 is 17.3 Å². The number of likely N-dealkylation sites (N-methyl/N-ethyl adjacent to an activating group) is 1. The van der Waals surface area contributed by atoms with E-state index in [0.29, 0.717) is 17.9 Å². The summed E-state index contributed by atoms with van der Waals surface area (Å²) in [7, 11) is 0. The largest absolute Gasteiger partial charge is 0.397 e. The van der Waals surface area contributed by atoms with Crippen LogP contribution in [0.15, 0.2) is 48.8 Å². The van der Waals surface area contributed by atoms with Gasteiger partial charge in [0.2, 0.25) is 5.91 Å². The SMILES string of the molecule is CCN(CC(=O)Nc1ccccc1N)Cc1ccncc1. The number of anilines is 2. The van der Waals surface area contributed by atoms with Crippen molar-refractivity contribution in [3.8, 4) is 0 Å². The van der Waals surface area contributed by atoms with E-state index in [1.807, 2.05) is 31.2 Å². The average molecular weight is 284 g/mol. The molecule has 2 aromatic rings. The number of hydrogen-bond acceptors (Lipinski definition) is 4. The molecule has 1 amide bonds. The zero-order valence-electron chi connectivity index (χ0n) is 12.1. The normalized spacial score (nSPS) is 10.6. The Hall–Kier alpha value is -2.40. The van der Waals surface area contributed by atoms with E-state index < -0.39 is 0 Å². The van der Waals surface area contributed by atoms with Gasteiger partial charge in [-0.1, -0.05) is 19.1 Å². The molecule has 0 aliphatic rings. The second-order valence-corrected chi connectivity index (χ2v) is 4.79. The van der Waals surface area contributed by atoms with Crippen molar-refractivity contribution in [1.82, 2.24) is 9.88 Å². The van der Waals surface area contributed by atoms with Gasteiger partial charge in [0.1, 0.15) is 0 Å². The molecule has 110 valence electrons. The van der Waals surface area contributed by atoms with Crippen LogP contribution in [0.1, 0.15) is 12.5 Å². The Balaban J connectivity index is 1.92. The molecule has 0 atom stereocenters. The fraction of sp³-hybridized carbons (Fsp3) is 0.250. The maximum absolute atomic E-state index is 12.1. The maximum Gasteiger partial charge on any atom is 0.238 e. The Morgan fingerprint density at radius 1 is 1.24 bits per heavy atom. The Bertz CT molecular complexity index is 586. The predicted octanol–water partition coefficient (Wildman–Crippen LogP) is 2.12. The van der Waals surface area contributed by atoms with Crippen LogP contribution in [0.25, 0.3) is 0 Å². The number of carbonyl (C=O) groups is 1. The van der Waals surface area contributed by atoms with Crippen molar-refractivity contribution in [2.45, 2.75) is 13.5 Å². The smallest absolute Gasteiger partial charge is 0.238 e. The number of carbonyl (C=O) groups excluding carboxylic acids is 1. The fourth-order valence-corrected chi connectivity index (χ4v) is 2.03. The van der Waals surface area contributed by atoms with Crippen LogP contribution in [0.4, 0.5) is 11.4 Å². The van der Waals surface area contributed by atoms with E-state index in [9.17, 15) is 4.79 Å². The first-order valence-corrected chi connectivity index (χ1v) is 6.94. The van der Waals surface area contributed by atoms with E-state index in [-0.39, 0.29) is 5.91 Å². The zero-order chi connectivity index (χ0) is 15.1. The number of pyridine rings is 1. The molecule has 5 heteroatoms. The quantitative estimate of drug-likeness (QED) is 0.797. The molecule has 0 radical (unpaired) electrons. The van der Waals surface area contributed by atoms with Gasteiger partial charge in [0, 0.05) is 18.9 Å². The van der Waals surface area contributed by atoms with E-state index in [0.717, 1.165) is 18.7 Å². The number of nitrogens with zero attached hydrogens (tertiary/aromatic N) is 2. The summed E-state index contributed by atoms with van der Waals surface area (Å²) in [4.78, 5) is 18.2. The van der Waals surface area contributed by atoms with Crippen molar-refractivity contribution < 1.29 is 4.79 Å². The highest BCUT2D eigenvalue weighted by molar-refractivity contribution is 5.95. The van der Waals surface area contributed by atoms with E-state index >= 15 is 0 Å². The van der Waals surface area contributed by atoms with Gasteiger partial charge in [0.25, 0.3) is 0 Å². The molecule has 21 heavy (non-hydrogen) atoms. The van der Waals surface area contributed by atoms with E-state index in [1.165, 1.54) is 0 Å². The van der Waals surface area contributed by atoms with Crippen LogP contribution >= 0.6 is 0 Å². The van der Waals surface area contributed by atoms with E-state index in [2.05, 4.69) is 15.2 Å². The van der Waals surface area contributed by atoms with Crippen LogP contribution in [0.3, 0.4) is 0 Å². The number of benzene rings is 1. The van der Waals surface area contributed by atoms with Gasteiger partial charge in [0.15, 0.2) is 0 Å². The van der Waals surface area contributed by atoms with Gasteiger partial charge in [-0.2, -0.15) is 0 Å². The molecule has 1 aromatic carbocycles. The lowest BCUT2D eigenvalue weighted by atomic mass is 10.2. The van der Waals surface area contributed by atoms with E-state index in [4.69, 9.17) is 5.73 Å². The summed E-state index contributed by atoms with van der Waals surface area (Å²) >= 11 is 0. The van der Waals surface area contributed by atoms with Crippen LogP contribution in [0.2, 0.25) is 0 Å². The van der Waals surface area contributed by atoms with Crippen LogP contribution in [0.5, 0.6) is 0 Å². The highest BCUT2D eigenvalue weighted by atomic mass is 16.2. The van der Waals surface area contributed by atoms with Gasteiger partial charge in [-0.15, -0.1) is 0 Å². The third-order valence-electron chi connectivity index (χ3n) is 3.20. The maximum atomic E-state index is 12.1. The number of amides is 1. The van der Waals surface area contributed by atoms with Gasteiger partial charge < -0.3 is 11.1 Å². The van der Waals surface area contributed by atoms with Gasteiger partial charge >= 0.3 is 0 Å². The molecular weight excluding hydrogens is 264 g/mol. The number of nitrogens with one attached hydrogen (secondary N) is 1. The standard InChI is InChI=1S/C16H20N4O/c1-2-20(11-13-7-9-18-10-8-13)12-16(21)19-15-6-4-3-5-14(15)17/h3-10H,2,11-12,17H2,1H3,(H,19,21). The van der Waals surface area contributed by atoms with Crippen LogP contribution in [-0.2, 0) is 11.3 Å². The van der Waals surface area contributed by atoms with Crippen LogP contribution in [-0.4, -0.2) is 28.9 Å². The minimum absolute atomic E-state index is 0.0659. The summed E-state index contributed by atoms with van der Waals surface area (Å²) < 4.78 is 0. The molecule has 0 fully saturated rings. The molecule has 3 N–H and O–H groups in total. The van der Waals surface area contributed by atoms with Crippen molar-refractivity contribution in [3.63, 3.8) is 0 Å². The summed E-state index contributed by atoms with van der Waals surface area (Å²) in [5.74, 6) is -0.0659. The van der Waals surface area contributed by atoms with Crippen LogP contribution in [0, 0.1) is 0 Å². The summed E-state index contributed by atoms with van der Waals surface area (Å²) in [6, 6.07) is 11.2. The topological polar surface area (TPSA) is 71.2 Å². The second kappa shape index (κ2) is 7.40. The highest BCUT2D eigenvalue weighted by Crippen LogP contribution is 2.16. The number of rotatable bonds is 6. The molecule has 0 unspecified atom stereocenters. The number of nitrogens with two attached hydrogens (primary N) is 1. The van der Waals surface area contributed by atoms with Gasteiger partial charge in [0.05, 0.1) is 17.9 Å². The molecule has 0 saturated heterocycles. The Morgan fingerprint density at radius 3 is 2.62 bits per heavy atom. The number of para-hydroxylation sites is 2. The molecule has 1 aromatic heterocycles. The Labute approximate surface area is 124 Å². The Kier molecular flexibility index (Phi) is 5.29. The van der Waals surface area contributed by atoms with Crippen molar-refractivity contribution in [2.75, 3.05) is 24.1 Å². The third-order valence-corrected chi connectivity index (χ3v) is 3.20. The summed E-state index contributed by atoms with van der Waals surface area (Å²) in [6.07, 6.45) is 3.52. The number of nitrogen functional groups attached to an aromatic ring is 1. The number of aromatic nitrogens is 1. The summed E-state index contributed by atoms with van der Waals surface area (Å²) in [5, 5.41) is 2.84. The molecular formula is C16H20N4O. The molecule has 0 bridgehead atoms. The highest BCUT2D eigenvalue weighted by Gasteiger charge is 2.10. The third kappa shape index (κ3) is 4.57. The monoisotopic (exact) mass is 284 g/mol. The number of hydrogen-bond donors (Lipinski definition) is 2. The molecule has 0 aliphatic carbocycles. The average Bonchev–Trinajstić information content (AvgIpc) is 2.50. The van der Waals surface area contributed by atoms with Gasteiger partial charge in [-0.25, -0.2) is 0 Å². The van der Waals surface area contributed by atoms with E-state index in [1.54, 1.807) is 24.5 Å². The first-order valence-electron chi connectivity index (χ1n) is 6.94. The molecule has 0 saturated carbocycles. The molecule has 5 nitrogen and oxygen atoms in total. The van der Waals surface area contributed by atoms with Crippen molar-refractivity contribution in [3.05, 3.63) is 54.4 Å². The zero-order valence-corrected chi connectivity index (χ0v) is 12.1. The lowest BCUT2D eigenvalue weighted by Gasteiger charge is -2.20. The van der Waals surface area contributed by atoms with Crippen molar-refractivity contribution in [2.24, 2.45) is 0 Å². The van der Waals surface area contributed by atoms with Gasteiger partial charge in [-0.3, -0.25) is 14.7 Å². The van der Waals surface area contributed by atoms with Gasteiger partial charge in [-0.05, 0) is 36.4 Å². The summed E-state index contributed by atoms with van der Waals surface area (Å²) in [6.45, 7) is 3.87. The lowest BCUT2D eigenvalue weighted by molar-refractivity contribution is -0.117. The molecule has 0 spiro atoms. The molecule has 0 aliphatic heterocycles.